The molecule has 0 unspecified atom stereocenters. The molecule has 1 heterocycles. The van der Waals surface area contributed by atoms with Crippen molar-refractivity contribution in [3.05, 3.63) is 23.8 Å². The minimum atomic E-state index is -0.176. The maximum atomic E-state index is 13.3. The summed E-state index contributed by atoms with van der Waals surface area (Å²) in [7, 11) is 3.52. The number of nitrogens with one attached hydrogen (secondary N) is 1. The molecule has 7 heteroatoms. The lowest BCUT2D eigenvalue weighted by atomic mass is 9.88. The van der Waals surface area contributed by atoms with Crippen molar-refractivity contribution >= 4 is 17.5 Å². The van der Waals surface area contributed by atoms with Crippen molar-refractivity contribution in [3.8, 4) is 5.75 Å². The summed E-state index contributed by atoms with van der Waals surface area (Å²) < 4.78 is 12.1. The Morgan fingerprint density at radius 2 is 1.91 bits per heavy atom. The molecule has 0 saturated heterocycles. The standard InChI is InChI=1S/C26H41N3O4/c1-18-14-29(15-21-9-7-6-8-10-21)19(2)17-33-24-12-11-22(27-20(3)30)13-23(24)26(31)28(4)16-25(18)32-5/h11-13,18-19,21,25H,6-10,14-17H2,1-5H3,(H,27,30)/t18-,19+,25+/m1/s1. The van der Waals surface area contributed by atoms with Gasteiger partial charge in [-0.2, -0.15) is 0 Å². The Hall–Kier alpha value is -2.12. The van der Waals surface area contributed by atoms with Crippen LogP contribution in [0.5, 0.6) is 5.75 Å². The summed E-state index contributed by atoms with van der Waals surface area (Å²) in [5, 5.41) is 2.77. The van der Waals surface area contributed by atoms with E-state index in [1.165, 1.54) is 39.0 Å². The highest BCUT2D eigenvalue weighted by molar-refractivity contribution is 5.99. The van der Waals surface area contributed by atoms with Crippen molar-refractivity contribution in [3.63, 3.8) is 0 Å². The van der Waals surface area contributed by atoms with Crippen molar-refractivity contribution in [1.82, 2.24) is 9.80 Å². The number of methoxy groups -OCH3 is 1. The molecule has 3 rings (SSSR count). The molecular weight excluding hydrogens is 418 g/mol. The quantitative estimate of drug-likeness (QED) is 0.736. The number of hydrogen-bond donors (Lipinski definition) is 1. The van der Waals surface area contributed by atoms with E-state index in [1.54, 1.807) is 37.3 Å². The van der Waals surface area contributed by atoms with Gasteiger partial charge in [-0.1, -0.05) is 26.2 Å². The molecular formula is C26H41N3O4. The van der Waals surface area contributed by atoms with Crippen LogP contribution in [0.1, 0.15) is 63.2 Å². The lowest BCUT2D eigenvalue weighted by Crippen LogP contribution is -2.48. The third kappa shape index (κ3) is 6.93. The smallest absolute Gasteiger partial charge is 0.257 e. The van der Waals surface area contributed by atoms with E-state index < -0.39 is 0 Å². The number of rotatable bonds is 4. The molecule has 2 amide bonds. The summed E-state index contributed by atoms with van der Waals surface area (Å²) >= 11 is 0. The van der Waals surface area contributed by atoms with Gasteiger partial charge in [0.15, 0.2) is 0 Å². The number of amides is 2. The Bertz CT molecular complexity index is 809. The molecule has 3 atom stereocenters. The molecule has 0 bridgehead atoms. The fourth-order valence-corrected chi connectivity index (χ4v) is 5.09. The molecule has 1 N–H and O–H groups in total. The summed E-state index contributed by atoms with van der Waals surface area (Å²) in [6, 6.07) is 5.48. The lowest BCUT2D eigenvalue weighted by molar-refractivity contribution is -0.114. The van der Waals surface area contributed by atoms with Gasteiger partial charge in [0.2, 0.25) is 5.91 Å². The fraction of sp³-hybridized carbons (Fsp3) is 0.692. The van der Waals surface area contributed by atoms with Gasteiger partial charge in [-0.15, -0.1) is 0 Å². The predicted octanol–water partition coefficient (Wildman–Crippen LogP) is 4.03. The van der Waals surface area contributed by atoms with E-state index in [-0.39, 0.29) is 29.9 Å². The first-order valence-corrected chi connectivity index (χ1v) is 12.3. The molecule has 184 valence electrons. The van der Waals surface area contributed by atoms with Gasteiger partial charge >= 0.3 is 0 Å². The second-order valence-electron chi connectivity index (χ2n) is 9.95. The maximum absolute atomic E-state index is 13.3. The van der Waals surface area contributed by atoms with Crippen LogP contribution in [0, 0.1) is 11.8 Å². The van der Waals surface area contributed by atoms with Crippen molar-refractivity contribution < 1.29 is 19.1 Å². The Morgan fingerprint density at radius 1 is 1.18 bits per heavy atom. The molecule has 1 saturated carbocycles. The normalized spacial score (nSPS) is 26.0. The third-order valence-corrected chi connectivity index (χ3v) is 7.11. The topological polar surface area (TPSA) is 71.1 Å². The summed E-state index contributed by atoms with van der Waals surface area (Å²) in [6.45, 7) is 8.86. The van der Waals surface area contributed by atoms with Crippen LogP contribution in [-0.4, -0.2) is 74.2 Å². The highest BCUT2D eigenvalue weighted by Crippen LogP contribution is 2.28. The van der Waals surface area contributed by atoms with Crippen LogP contribution < -0.4 is 10.1 Å². The first-order chi connectivity index (χ1) is 15.8. The zero-order valence-corrected chi connectivity index (χ0v) is 20.9. The Kier molecular flexibility index (Phi) is 9.15. The van der Waals surface area contributed by atoms with Crippen LogP contribution in [0.3, 0.4) is 0 Å². The predicted molar refractivity (Wildman–Crippen MR) is 131 cm³/mol. The lowest BCUT2D eigenvalue weighted by Gasteiger charge is -2.38. The van der Waals surface area contributed by atoms with Crippen molar-refractivity contribution in [1.29, 1.82) is 0 Å². The third-order valence-electron chi connectivity index (χ3n) is 7.11. The number of benzene rings is 1. The molecule has 0 spiro atoms. The van der Waals surface area contributed by atoms with E-state index in [0.29, 0.717) is 30.2 Å². The van der Waals surface area contributed by atoms with Gasteiger partial charge in [0.05, 0.1) is 11.7 Å². The van der Waals surface area contributed by atoms with E-state index >= 15 is 0 Å². The fourth-order valence-electron chi connectivity index (χ4n) is 5.09. The molecule has 0 aromatic heterocycles. The average Bonchev–Trinajstić information content (AvgIpc) is 2.80. The molecule has 33 heavy (non-hydrogen) atoms. The van der Waals surface area contributed by atoms with Gasteiger partial charge in [-0.05, 0) is 49.8 Å². The van der Waals surface area contributed by atoms with Gasteiger partial charge in [-0.25, -0.2) is 0 Å². The number of ether oxygens (including phenoxy) is 2. The number of carbonyl (C=O) groups is 2. The molecule has 1 aromatic rings. The monoisotopic (exact) mass is 459 g/mol. The molecule has 7 nitrogen and oxygen atoms in total. The Labute approximate surface area is 198 Å². The average molecular weight is 460 g/mol. The highest BCUT2D eigenvalue weighted by Gasteiger charge is 2.29. The van der Waals surface area contributed by atoms with Crippen LogP contribution in [0.2, 0.25) is 0 Å². The second kappa shape index (κ2) is 11.8. The van der Waals surface area contributed by atoms with Gasteiger partial charge < -0.3 is 19.7 Å². The zero-order valence-electron chi connectivity index (χ0n) is 20.9. The van der Waals surface area contributed by atoms with Crippen molar-refractivity contribution in [2.24, 2.45) is 11.8 Å². The number of likely N-dealkylation sites (N-methyl/N-ethyl adjacent to an activating group) is 1. The van der Waals surface area contributed by atoms with E-state index in [1.807, 2.05) is 0 Å². The SMILES string of the molecule is CO[C@H]1CN(C)C(=O)c2cc(NC(C)=O)ccc2OC[C@H](C)N(CC2CCCCC2)C[C@H]1C. The van der Waals surface area contributed by atoms with E-state index in [4.69, 9.17) is 9.47 Å². The molecule has 1 aliphatic heterocycles. The molecule has 2 aliphatic rings. The van der Waals surface area contributed by atoms with E-state index in [2.05, 4.69) is 24.1 Å². The number of carbonyl (C=O) groups excluding carboxylic acids is 2. The summed E-state index contributed by atoms with van der Waals surface area (Å²) in [6.07, 6.45) is 6.56. The summed E-state index contributed by atoms with van der Waals surface area (Å²) in [5.74, 6) is 1.23. The van der Waals surface area contributed by atoms with Gasteiger partial charge in [0.25, 0.3) is 5.91 Å². The molecule has 1 aliphatic carbocycles. The molecule has 0 radical (unpaired) electrons. The second-order valence-corrected chi connectivity index (χ2v) is 9.95. The van der Waals surface area contributed by atoms with E-state index in [9.17, 15) is 9.59 Å². The Balaban J connectivity index is 1.89. The zero-order chi connectivity index (χ0) is 24.0. The number of hydrogen-bond acceptors (Lipinski definition) is 5. The maximum Gasteiger partial charge on any atom is 0.257 e. The largest absolute Gasteiger partial charge is 0.491 e. The summed E-state index contributed by atoms with van der Waals surface area (Å²) in [4.78, 5) is 29.1. The van der Waals surface area contributed by atoms with Crippen molar-refractivity contribution in [2.45, 2.75) is 65.0 Å². The van der Waals surface area contributed by atoms with Crippen LogP contribution in [0.15, 0.2) is 18.2 Å². The molecule has 1 aromatic carbocycles. The minimum absolute atomic E-state index is 0.0673. The summed E-state index contributed by atoms with van der Waals surface area (Å²) in [5.41, 5.74) is 1.04. The van der Waals surface area contributed by atoms with Crippen LogP contribution in [-0.2, 0) is 9.53 Å². The first-order valence-electron chi connectivity index (χ1n) is 12.3. The highest BCUT2D eigenvalue weighted by atomic mass is 16.5. The molecule has 1 fully saturated rings. The van der Waals surface area contributed by atoms with Gasteiger partial charge in [-0.3, -0.25) is 14.5 Å². The van der Waals surface area contributed by atoms with Crippen LogP contribution >= 0.6 is 0 Å². The van der Waals surface area contributed by atoms with Gasteiger partial charge in [0.1, 0.15) is 12.4 Å². The van der Waals surface area contributed by atoms with Crippen LogP contribution in [0.4, 0.5) is 5.69 Å². The van der Waals surface area contributed by atoms with Crippen LogP contribution in [0.25, 0.3) is 0 Å². The van der Waals surface area contributed by atoms with E-state index in [0.717, 1.165) is 19.0 Å². The van der Waals surface area contributed by atoms with Gasteiger partial charge in [0, 0.05) is 52.4 Å². The number of anilines is 1. The number of nitrogens with zero attached hydrogens (tertiary/aromatic N) is 2. The Morgan fingerprint density at radius 3 is 2.58 bits per heavy atom. The first kappa shape index (κ1) is 25.5. The number of fused-ring (bicyclic) bond motifs is 1. The van der Waals surface area contributed by atoms with Crippen molar-refractivity contribution in [2.75, 3.05) is 45.7 Å². The minimum Gasteiger partial charge on any atom is -0.491 e.